The van der Waals surface area contributed by atoms with Crippen LogP contribution < -0.4 is 0 Å². The molecule has 0 aromatic heterocycles. The van der Waals surface area contributed by atoms with Gasteiger partial charge in [0.25, 0.3) is 0 Å². The summed E-state index contributed by atoms with van der Waals surface area (Å²) in [7, 11) is 0. The van der Waals surface area contributed by atoms with Crippen molar-refractivity contribution in [1.29, 1.82) is 0 Å². The van der Waals surface area contributed by atoms with Crippen molar-refractivity contribution in [3.05, 3.63) is 0 Å². The summed E-state index contributed by atoms with van der Waals surface area (Å²) in [5.41, 5.74) is -0.404. The molecule has 0 aromatic rings. The van der Waals surface area contributed by atoms with Gasteiger partial charge in [-0.15, -0.1) is 0 Å². The molecule has 4 aliphatic rings. The van der Waals surface area contributed by atoms with Crippen molar-refractivity contribution < 1.29 is 15.0 Å². The highest BCUT2D eigenvalue weighted by molar-refractivity contribution is 5.71. The minimum absolute atomic E-state index is 0.0417. The van der Waals surface area contributed by atoms with Gasteiger partial charge in [-0.05, 0) is 99.7 Å². The Bertz CT molecular complexity index is 499. The van der Waals surface area contributed by atoms with Crippen molar-refractivity contribution in [2.24, 2.45) is 40.9 Å². The summed E-state index contributed by atoms with van der Waals surface area (Å²) in [4.78, 5) is 11.7. The van der Waals surface area contributed by atoms with Gasteiger partial charge in [-0.2, -0.15) is 0 Å². The van der Waals surface area contributed by atoms with Crippen molar-refractivity contribution in [3.63, 3.8) is 0 Å². The Morgan fingerprint density at radius 2 is 1.65 bits per heavy atom. The van der Waals surface area contributed by atoms with Gasteiger partial charge in [0.15, 0.2) is 0 Å². The molecule has 2 N–H and O–H groups in total. The maximum Gasteiger partial charge on any atom is 0.307 e. The van der Waals surface area contributed by atoms with E-state index < -0.39 is 11.6 Å². The van der Waals surface area contributed by atoms with Gasteiger partial charge in [-0.1, -0.05) is 6.92 Å². The van der Waals surface area contributed by atoms with E-state index in [9.17, 15) is 15.0 Å². The van der Waals surface area contributed by atoms with E-state index in [0.717, 1.165) is 49.9 Å². The maximum atomic E-state index is 11.7. The van der Waals surface area contributed by atoms with Crippen LogP contribution in [0.5, 0.6) is 0 Å². The Labute approximate surface area is 139 Å². The molecule has 8 atom stereocenters. The molecule has 0 spiro atoms. The number of fused-ring (bicyclic) bond motifs is 5. The molecule has 4 fully saturated rings. The van der Waals surface area contributed by atoms with Gasteiger partial charge < -0.3 is 10.2 Å². The van der Waals surface area contributed by atoms with Crippen LogP contribution in [0, 0.1) is 40.9 Å². The van der Waals surface area contributed by atoms with E-state index >= 15 is 0 Å². The summed E-state index contributed by atoms with van der Waals surface area (Å²) in [6, 6.07) is 0. The van der Waals surface area contributed by atoms with Crippen LogP contribution in [-0.4, -0.2) is 21.8 Å². The first-order valence-electron chi connectivity index (χ1n) is 9.77. The fraction of sp³-hybridized carbons (Fsp3) is 0.950. The molecule has 0 amide bonds. The Morgan fingerprint density at radius 1 is 0.913 bits per heavy atom. The Hall–Kier alpha value is -0.570. The molecule has 3 nitrogen and oxygen atoms in total. The van der Waals surface area contributed by atoms with Gasteiger partial charge in [0.2, 0.25) is 0 Å². The van der Waals surface area contributed by atoms with Gasteiger partial charge in [-0.3, -0.25) is 4.79 Å². The first kappa shape index (κ1) is 15.9. The van der Waals surface area contributed by atoms with Crippen LogP contribution >= 0.6 is 0 Å². The number of carbonyl (C=O) groups is 1. The third-order valence-corrected chi connectivity index (χ3v) is 8.54. The lowest BCUT2D eigenvalue weighted by atomic mass is 9.49. The van der Waals surface area contributed by atoms with Crippen molar-refractivity contribution in [3.8, 4) is 0 Å². The normalized spacial score (nSPS) is 55.6. The molecule has 0 aliphatic heterocycles. The third kappa shape index (κ3) is 2.37. The van der Waals surface area contributed by atoms with E-state index in [2.05, 4.69) is 6.92 Å². The lowest BCUT2D eigenvalue weighted by Crippen LogP contribution is -2.51. The summed E-state index contributed by atoms with van der Waals surface area (Å²) in [5.74, 6) is 3.01. The summed E-state index contributed by atoms with van der Waals surface area (Å²) in [6.07, 6.45) is 10.0. The number of aliphatic hydroxyl groups is 1. The van der Waals surface area contributed by atoms with Gasteiger partial charge in [0.05, 0.1) is 11.5 Å². The third-order valence-electron chi connectivity index (χ3n) is 8.54. The minimum atomic E-state index is -0.559. The highest BCUT2D eigenvalue weighted by Gasteiger charge is 2.59. The molecular weight excluding hydrogens is 288 g/mol. The molecule has 4 rings (SSSR count). The zero-order valence-corrected chi connectivity index (χ0v) is 14.6. The molecule has 0 bridgehead atoms. The van der Waals surface area contributed by atoms with E-state index in [4.69, 9.17) is 0 Å². The fourth-order valence-electron chi connectivity index (χ4n) is 7.49. The lowest BCUT2D eigenvalue weighted by molar-refractivity contribution is -0.150. The van der Waals surface area contributed by atoms with E-state index in [1.54, 1.807) is 0 Å². The molecule has 130 valence electrons. The zero-order valence-electron chi connectivity index (χ0n) is 14.6. The largest absolute Gasteiger partial charge is 0.481 e. The SMILES string of the molecule is CC1(O)CCC2C(CCC3C2CCC2(C)C(C(=O)O)CCC32)C1. The molecule has 4 aliphatic carbocycles. The predicted octanol–water partition coefficient (Wildman–Crippen LogP) is 4.09. The molecule has 3 heteroatoms. The molecule has 23 heavy (non-hydrogen) atoms. The van der Waals surface area contributed by atoms with Crippen LogP contribution in [0.4, 0.5) is 0 Å². The highest BCUT2D eigenvalue weighted by Crippen LogP contribution is 2.64. The first-order chi connectivity index (χ1) is 10.8. The fourth-order valence-corrected chi connectivity index (χ4v) is 7.49. The number of carboxylic acid groups (broad SMARTS) is 1. The summed E-state index contributed by atoms with van der Waals surface area (Å²) in [6.45, 7) is 4.29. The van der Waals surface area contributed by atoms with E-state index in [1.807, 2.05) is 6.92 Å². The second-order valence-electron chi connectivity index (χ2n) is 9.69. The standard InChI is InChI=1S/C20H32O3/c1-19(23)9-7-13-12(11-19)3-4-15-14(13)8-10-20(2)16(15)5-6-17(20)18(21)22/h12-17,23H,3-11H2,1-2H3,(H,21,22). The van der Waals surface area contributed by atoms with Crippen LogP contribution in [0.2, 0.25) is 0 Å². The van der Waals surface area contributed by atoms with Crippen LogP contribution in [-0.2, 0) is 4.79 Å². The van der Waals surface area contributed by atoms with Gasteiger partial charge in [0, 0.05) is 0 Å². The maximum absolute atomic E-state index is 11.7. The Kier molecular flexibility index (Phi) is 3.61. The van der Waals surface area contributed by atoms with Crippen LogP contribution in [0.3, 0.4) is 0 Å². The number of aliphatic carboxylic acids is 1. The Morgan fingerprint density at radius 3 is 2.39 bits per heavy atom. The van der Waals surface area contributed by atoms with Crippen LogP contribution in [0.1, 0.15) is 71.6 Å². The van der Waals surface area contributed by atoms with Gasteiger partial charge in [-0.25, -0.2) is 0 Å². The van der Waals surface area contributed by atoms with Crippen LogP contribution in [0.25, 0.3) is 0 Å². The van der Waals surface area contributed by atoms with Crippen molar-refractivity contribution in [2.75, 3.05) is 0 Å². The topological polar surface area (TPSA) is 57.5 Å². The summed E-state index contributed by atoms with van der Waals surface area (Å²) in [5, 5.41) is 20.1. The molecule has 4 saturated carbocycles. The second kappa shape index (κ2) is 5.21. The number of hydrogen-bond donors (Lipinski definition) is 2. The molecule has 0 aromatic carbocycles. The second-order valence-corrected chi connectivity index (χ2v) is 9.69. The number of rotatable bonds is 1. The van der Waals surface area contributed by atoms with E-state index in [1.165, 1.54) is 25.7 Å². The van der Waals surface area contributed by atoms with Crippen molar-refractivity contribution >= 4 is 5.97 Å². The quantitative estimate of drug-likeness (QED) is 0.765. The summed E-state index contributed by atoms with van der Waals surface area (Å²) >= 11 is 0. The molecule has 0 radical (unpaired) electrons. The monoisotopic (exact) mass is 320 g/mol. The first-order valence-corrected chi connectivity index (χ1v) is 9.77. The average molecular weight is 320 g/mol. The molecular formula is C20H32O3. The lowest BCUT2D eigenvalue weighted by Gasteiger charge is -2.56. The van der Waals surface area contributed by atoms with Crippen molar-refractivity contribution in [1.82, 2.24) is 0 Å². The average Bonchev–Trinajstić information content (AvgIpc) is 2.83. The van der Waals surface area contributed by atoms with Gasteiger partial charge in [0.1, 0.15) is 0 Å². The molecule has 0 heterocycles. The Balaban J connectivity index is 1.56. The number of hydrogen-bond acceptors (Lipinski definition) is 2. The minimum Gasteiger partial charge on any atom is -0.481 e. The van der Waals surface area contributed by atoms with E-state index in [-0.39, 0.29) is 11.3 Å². The van der Waals surface area contributed by atoms with Crippen LogP contribution in [0.15, 0.2) is 0 Å². The smallest absolute Gasteiger partial charge is 0.307 e. The highest BCUT2D eigenvalue weighted by atomic mass is 16.4. The molecule has 0 saturated heterocycles. The zero-order chi connectivity index (χ0) is 16.4. The summed E-state index contributed by atoms with van der Waals surface area (Å²) < 4.78 is 0. The number of carboxylic acids is 1. The van der Waals surface area contributed by atoms with E-state index in [0.29, 0.717) is 11.8 Å². The van der Waals surface area contributed by atoms with Crippen molar-refractivity contribution in [2.45, 2.75) is 77.2 Å². The predicted molar refractivity (Wildman–Crippen MR) is 88.9 cm³/mol. The molecule has 8 unspecified atom stereocenters. The van der Waals surface area contributed by atoms with Gasteiger partial charge >= 0.3 is 5.97 Å².